The highest BCUT2D eigenvalue weighted by atomic mass is 35.5. The van der Waals surface area contributed by atoms with Crippen LogP contribution in [0.1, 0.15) is 19.4 Å². The molecule has 0 saturated carbocycles. The fourth-order valence-electron chi connectivity index (χ4n) is 3.63. The maximum atomic E-state index is 13.8. The Morgan fingerprint density at radius 1 is 0.892 bits per heavy atom. The van der Waals surface area contributed by atoms with Gasteiger partial charge in [0.2, 0.25) is 11.8 Å². The molecular weight excluding hydrogens is 557 g/mol. The summed E-state index contributed by atoms with van der Waals surface area (Å²) in [4.78, 5) is 27.8. The number of para-hydroxylation sites is 1. The molecule has 3 aromatic rings. The Balaban J connectivity index is 2.04. The zero-order chi connectivity index (χ0) is 27.2. The molecule has 0 aromatic heterocycles. The second-order valence-corrected chi connectivity index (χ2v) is 11.2. The van der Waals surface area contributed by atoms with Crippen molar-refractivity contribution < 1.29 is 18.0 Å². The molecule has 0 unspecified atom stereocenters. The molecule has 0 aliphatic carbocycles. The van der Waals surface area contributed by atoms with Crippen molar-refractivity contribution in [3.05, 3.63) is 93.4 Å². The van der Waals surface area contributed by atoms with Gasteiger partial charge in [0.1, 0.15) is 12.6 Å². The Hall–Kier alpha value is -2.78. The summed E-state index contributed by atoms with van der Waals surface area (Å²) < 4.78 is 28.3. The van der Waals surface area contributed by atoms with Crippen molar-refractivity contribution in [3.8, 4) is 0 Å². The first-order chi connectivity index (χ1) is 17.6. The van der Waals surface area contributed by atoms with E-state index in [1.807, 2.05) is 0 Å². The number of halogens is 3. The lowest BCUT2D eigenvalue weighted by Crippen LogP contribution is -2.51. The van der Waals surface area contributed by atoms with Crippen LogP contribution in [0.4, 0.5) is 5.69 Å². The predicted octanol–water partition coefficient (Wildman–Crippen LogP) is 5.40. The number of benzene rings is 3. The maximum Gasteiger partial charge on any atom is 0.264 e. The number of nitrogens with one attached hydrogen (secondary N) is 1. The minimum Gasteiger partial charge on any atom is -0.355 e. The number of likely N-dealkylation sites (N-methyl/N-ethyl adjacent to an activating group) is 1. The summed E-state index contributed by atoms with van der Waals surface area (Å²) in [5.74, 6) is -0.990. The van der Waals surface area contributed by atoms with Crippen LogP contribution in [0.3, 0.4) is 0 Å². The number of carbonyl (C=O) groups excluding carboxylic acids is 2. The first kappa shape index (κ1) is 28.8. The summed E-state index contributed by atoms with van der Waals surface area (Å²) in [5, 5.41) is 3.50. The minimum atomic E-state index is -4.18. The number of hydrogen-bond donors (Lipinski definition) is 1. The van der Waals surface area contributed by atoms with Crippen LogP contribution < -0.4 is 9.62 Å². The molecule has 3 aromatic carbocycles. The molecule has 0 aliphatic heterocycles. The van der Waals surface area contributed by atoms with Gasteiger partial charge < -0.3 is 10.2 Å². The second kappa shape index (κ2) is 12.6. The quantitative estimate of drug-likeness (QED) is 0.347. The highest BCUT2D eigenvalue weighted by Gasteiger charge is 2.33. The summed E-state index contributed by atoms with van der Waals surface area (Å²) in [6, 6.07) is 18.1. The number of nitrogens with zero attached hydrogens (tertiary/aromatic N) is 2. The van der Waals surface area contributed by atoms with E-state index in [0.29, 0.717) is 22.2 Å². The van der Waals surface area contributed by atoms with E-state index in [-0.39, 0.29) is 28.1 Å². The van der Waals surface area contributed by atoms with Crippen LogP contribution in [0.5, 0.6) is 0 Å². The van der Waals surface area contributed by atoms with Gasteiger partial charge in [0.05, 0.1) is 25.7 Å². The van der Waals surface area contributed by atoms with Gasteiger partial charge in [-0.2, -0.15) is 0 Å². The fraction of sp³-hybridized carbons (Fsp3) is 0.231. The van der Waals surface area contributed by atoms with Crippen molar-refractivity contribution >= 4 is 62.3 Å². The Morgan fingerprint density at radius 2 is 1.54 bits per heavy atom. The summed E-state index contributed by atoms with van der Waals surface area (Å²) >= 11 is 18.6. The minimum absolute atomic E-state index is 0.00414. The molecule has 37 heavy (non-hydrogen) atoms. The SMILES string of the molecule is CCNC(=O)[C@@H](C)N(Cc1ccc(Cl)c(Cl)c1)C(=O)CN(c1ccccc1Cl)S(=O)(=O)c1ccccc1. The number of carbonyl (C=O) groups is 2. The van der Waals surface area contributed by atoms with Gasteiger partial charge >= 0.3 is 0 Å². The Morgan fingerprint density at radius 3 is 2.16 bits per heavy atom. The second-order valence-electron chi connectivity index (χ2n) is 8.12. The van der Waals surface area contributed by atoms with E-state index in [0.717, 1.165) is 4.31 Å². The van der Waals surface area contributed by atoms with Crippen molar-refractivity contribution in [2.45, 2.75) is 31.3 Å². The van der Waals surface area contributed by atoms with Crippen LogP contribution in [-0.2, 0) is 26.2 Å². The largest absolute Gasteiger partial charge is 0.355 e. The summed E-state index contributed by atoms with van der Waals surface area (Å²) in [6.07, 6.45) is 0. The molecular formula is C26H26Cl3N3O4S. The zero-order valence-corrected chi connectivity index (χ0v) is 23.3. The molecule has 1 atom stereocenters. The van der Waals surface area contributed by atoms with Gasteiger partial charge in [0, 0.05) is 13.1 Å². The van der Waals surface area contributed by atoms with Crippen LogP contribution >= 0.6 is 34.8 Å². The Labute approximate surface area is 232 Å². The lowest BCUT2D eigenvalue weighted by molar-refractivity contribution is -0.139. The number of sulfonamides is 1. The van der Waals surface area contributed by atoms with Gasteiger partial charge in [-0.3, -0.25) is 13.9 Å². The third-order valence-electron chi connectivity index (χ3n) is 5.59. The molecule has 1 N–H and O–H groups in total. The molecule has 0 bridgehead atoms. The van der Waals surface area contributed by atoms with Crippen LogP contribution in [0.15, 0.2) is 77.7 Å². The fourth-order valence-corrected chi connectivity index (χ4v) is 5.69. The number of amides is 2. The molecule has 0 saturated heterocycles. The smallest absolute Gasteiger partial charge is 0.264 e. The van der Waals surface area contributed by atoms with Gasteiger partial charge in [-0.15, -0.1) is 0 Å². The van der Waals surface area contributed by atoms with Gasteiger partial charge in [-0.25, -0.2) is 8.42 Å². The monoisotopic (exact) mass is 581 g/mol. The first-order valence-electron chi connectivity index (χ1n) is 11.4. The molecule has 0 radical (unpaired) electrons. The average molecular weight is 583 g/mol. The molecule has 11 heteroatoms. The molecule has 0 heterocycles. The third-order valence-corrected chi connectivity index (χ3v) is 8.42. The number of rotatable bonds is 10. The topological polar surface area (TPSA) is 86.8 Å². The first-order valence-corrected chi connectivity index (χ1v) is 14.0. The van der Waals surface area contributed by atoms with Crippen LogP contribution in [0.2, 0.25) is 15.1 Å². The lowest BCUT2D eigenvalue weighted by atomic mass is 10.1. The van der Waals surface area contributed by atoms with E-state index in [9.17, 15) is 18.0 Å². The van der Waals surface area contributed by atoms with E-state index in [2.05, 4.69) is 5.32 Å². The van der Waals surface area contributed by atoms with E-state index < -0.39 is 28.5 Å². The average Bonchev–Trinajstić information content (AvgIpc) is 2.88. The lowest BCUT2D eigenvalue weighted by Gasteiger charge is -2.32. The van der Waals surface area contributed by atoms with Crippen molar-refractivity contribution in [2.75, 3.05) is 17.4 Å². The van der Waals surface area contributed by atoms with Crippen molar-refractivity contribution in [1.29, 1.82) is 0 Å². The van der Waals surface area contributed by atoms with Gasteiger partial charge in [-0.05, 0) is 55.8 Å². The molecule has 0 spiro atoms. The highest BCUT2D eigenvalue weighted by Crippen LogP contribution is 2.31. The molecule has 7 nitrogen and oxygen atoms in total. The van der Waals surface area contributed by atoms with Gasteiger partial charge in [-0.1, -0.05) is 71.2 Å². The molecule has 0 aliphatic rings. The van der Waals surface area contributed by atoms with E-state index >= 15 is 0 Å². The predicted molar refractivity (Wildman–Crippen MR) is 148 cm³/mol. The molecule has 2 amide bonds. The van der Waals surface area contributed by atoms with Gasteiger partial charge in [0.25, 0.3) is 10.0 Å². The van der Waals surface area contributed by atoms with Crippen LogP contribution in [0.25, 0.3) is 0 Å². The van der Waals surface area contributed by atoms with Gasteiger partial charge in [0.15, 0.2) is 0 Å². The van der Waals surface area contributed by atoms with Crippen LogP contribution in [0, 0.1) is 0 Å². The van der Waals surface area contributed by atoms with Crippen LogP contribution in [-0.4, -0.2) is 44.3 Å². The van der Waals surface area contributed by atoms with Crippen molar-refractivity contribution in [3.63, 3.8) is 0 Å². The number of hydrogen-bond acceptors (Lipinski definition) is 4. The standard InChI is InChI=1S/C26H26Cl3N3O4S/c1-3-30-26(34)18(2)31(16-19-13-14-21(27)23(29)15-19)25(33)17-32(24-12-8-7-11-22(24)28)37(35,36)20-9-5-4-6-10-20/h4-15,18H,3,16-17H2,1-2H3,(H,30,34)/t18-/m1/s1. The summed E-state index contributed by atoms with van der Waals surface area (Å²) in [7, 11) is -4.18. The van der Waals surface area contributed by atoms with E-state index in [4.69, 9.17) is 34.8 Å². The molecule has 196 valence electrons. The zero-order valence-electron chi connectivity index (χ0n) is 20.2. The van der Waals surface area contributed by atoms with E-state index in [1.54, 1.807) is 68.4 Å². The maximum absolute atomic E-state index is 13.8. The summed E-state index contributed by atoms with van der Waals surface area (Å²) in [5.41, 5.74) is 0.760. The highest BCUT2D eigenvalue weighted by molar-refractivity contribution is 7.92. The Bertz CT molecular complexity index is 1370. The van der Waals surface area contributed by atoms with E-state index in [1.165, 1.54) is 23.1 Å². The summed E-state index contributed by atoms with van der Waals surface area (Å²) in [6.45, 7) is 3.11. The normalized spacial score (nSPS) is 12.0. The molecule has 0 fully saturated rings. The molecule has 3 rings (SSSR count). The van der Waals surface area contributed by atoms with Crippen molar-refractivity contribution in [1.82, 2.24) is 10.2 Å². The third kappa shape index (κ3) is 6.96. The Kier molecular flexibility index (Phi) is 9.84. The van der Waals surface area contributed by atoms with Crippen molar-refractivity contribution in [2.24, 2.45) is 0 Å². The number of anilines is 1.